The second-order valence-corrected chi connectivity index (χ2v) is 8.79. The Labute approximate surface area is 182 Å². The molecule has 1 saturated carbocycles. The van der Waals surface area contributed by atoms with Crippen molar-refractivity contribution in [2.75, 3.05) is 27.3 Å². The summed E-state index contributed by atoms with van der Waals surface area (Å²) >= 11 is 0. The number of hydrogen-bond donors (Lipinski definition) is 1. The Hall–Kier alpha value is -2.77. The number of carbonyl (C=O) groups excluding carboxylic acids is 3. The Bertz CT molecular complexity index is 888. The fourth-order valence-corrected chi connectivity index (χ4v) is 5.35. The summed E-state index contributed by atoms with van der Waals surface area (Å²) in [5.74, 6) is 0.968. The number of methoxy groups -OCH3 is 2. The fraction of sp³-hybridized carbons (Fsp3) is 0.609. The third kappa shape index (κ3) is 3.62. The number of hydrogen-bond acceptors (Lipinski definition) is 5. The van der Waals surface area contributed by atoms with Crippen LogP contribution in [0.15, 0.2) is 18.2 Å². The van der Waals surface area contributed by atoms with Gasteiger partial charge >= 0.3 is 6.03 Å². The Morgan fingerprint density at radius 2 is 1.97 bits per heavy atom. The van der Waals surface area contributed by atoms with E-state index in [1.807, 2.05) is 25.1 Å². The summed E-state index contributed by atoms with van der Waals surface area (Å²) in [7, 11) is 3.20. The van der Waals surface area contributed by atoms with Crippen molar-refractivity contribution >= 4 is 17.8 Å². The molecule has 0 unspecified atom stereocenters. The number of nitrogens with one attached hydrogen (secondary N) is 1. The van der Waals surface area contributed by atoms with Gasteiger partial charge in [-0.1, -0.05) is 19.8 Å². The highest BCUT2D eigenvalue weighted by Gasteiger charge is 2.55. The topological polar surface area (TPSA) is 88.2 Å². The first-order valence-corrected chi connectivity index (χ1v) is 11.1. The maximum atomic E-state index is 13.3. The molecule has 168 valence electrons. The molecule has 3 aliphatic rings. The SMILES string of the molecule is COc1ccc(OC)c([C@@H]2CCCN2C(=O)CN2C(=O)N[C@]3(CCCC[C@H]3C)C2=O)c1. The minimum absolute atomic E-state index is 0.0679. The van der Waals surface area contributed by atoms with Crippen LogP contribution in [-0.4, -0.2) is 60.5 Å². The zero-order chi connectivity index (χ0) is 22.2. The molecule has 1 spiro atoms. The summed E-state index contributed by atoms with van der Waals surface area (Å²) in [5, 5.41) is 2.92. The maximum Gasteiger partial charge on any atom is 0.325 e. The zero-order valence-corrected chi connectivity index (χ0v) is 18.5. The lowest BCUT2D eigenvalue weighted by molar-refractivity contribution is -0.141. The number of benzene rings is 1. The Kier molecular flexibility index (Phi) is 5.81. The van der Waals surface area contributed by atoms with Crippen LogP contribution in [-0.2, 0) is 9.59 Å². The molecule has 8 nitrogen and oxygen atoms in total. The number of amides is 4. The summed E-state index contributed by atoms with van der Waals surface area (Å²) in [6, 6.07) is 4.91. The number of rotatable bonds is 5. The molecule has 3 fully saturated rings. The van der Waals surface area contributed by atoms with Gasteiger partial charge in [0.05, 0.1) is 20.3 Å². The first-order chi connectivity index (χ1) is 14.9. The van der Waals surface area contributed by atoms with Gasteiger partial charge in [0.2, 0.25) is 5.91 Å². The van der Waals surface area contributed by atoms with Crippen molar-refractivity contribution in [2.45, 2.75) is 57.0 Å². The van der Waals surface area contributed by atoms with Crippen molar-refractivity contribution < 1.29 is 23.9 Å². The molecule has 2 heterocycles. The van der Waals surface area contributed by atoms with E-state index in [1.54, 1.807) is 19.1 Å². The van der Waals surface area contributed by atoms with Gasteiger partial charge in [-0.25, -0.2) is 4.79 Å². The molecular weight excluding hydrogens is 398 g/mol. The van der Waals surface area contributed by atoms with Crippen molar-refractivity contribution in [3.05, 3.63) is 23.8 Å². The summed E-state index contributed by atoms with van der Waals surface area (Å²) in [6.07, 6.45) is 5.13. The lowest BCUT2D eigenvalue weighted by Crippen LogP contribution is -2.54. The molecule has 1 aromatic rings. The van der Waals surface area contributed by atoms with E-state index in [9.17, 15) is 14.4 Å². The molecule has 31 heavy (non-hydrogen) atoms. The number of ether oxygens (including phenoxy) is 2. The van der Waals surface area contributed by atoms with E-state index >= 15 is 0 Å². The van der Waals surface area contributed by atoms with Crippen molar-refractivity contribution in [1.82, 2.24) is 15.1 Å². The lowest BCUT2D eigenvalue weighted by atomic mass is 9.73. The molecule has 2 aliphatic heterocycles. The number of urea groups is 1. The molecule has 4 rings (SSSR count). The number of nitrogens with zero attached hydrogens (tertiary/aromatic N) is 2. The quantitative estimate of drug-likeness (QED) is 0.727. The van der Waals surface area contributed by atoms with Gasteiger partial charge in [0.1, 0.15) is 23.6 Å². The molecule has 8 heteroatoms. The molecule has 0 radical (unpaired) electrons. The standard InChI is InChI=1S/C23H31N3O5/c1-15-7-4-5-11-23(15)21(28)26(22(29)24-23)14-20(27)25-12-6-8-18(25)17-13-16(30-2)9-10-19(17)31-3/h9-10,13,15,18H,4-8,11-12,14H2,1-3H3,(H,24,29)/t15-,18+,23+/m1/s1. The monoisotopic (exact) mass is 429 g/mol. The van der Waals surface area contributed by atoms with Crippen LogP contribution in [0, 0.1) is 5.92 Å². The average molecular weight is 430 g/mol. The largest absolute Gasteiger partial charge is 0.497 e. The van der Waals surface area contributed by atoms with E-state index in [4.69, 9.17) is 9.47 Å². The number of carbonyl (C=O) groups is 3. The van der Waals surface area contributed by atoms with E-state index < -0.39 is 11.6 Å². The van der Waals surface area contributed by atoms with Crippen LogP contribution in [0.5, 0.6) is 11.5 Å². The van der Waals surface area contributed by atoms with Crippen LogP contribution in [0.4, 0.5) is 4.79 Å². The van der Waals surface area contributed by atoms with Crippen molar-refractivity contribution in [2.24, 2.45) is 5.92 Å². The van der Waals surface area contributed by atoms with E-state index in [0.717, 1.165) is 42.6 Å². The smallest absolute Gasteiger partial charge is 0.325 e. The van der Waals surface area contributed by atoms with E-state index in [1.165, 1.54) is 0 Å². The zero-order valence-electron chi connectivity index (χ0n) is 18.5. The first-order valence-electron chi connectivity index (χ1n) is 11.1. The van der Waals surface area contributed by atoms with Gasteiger partial charge in [0.15, 0.2) is 0 Å². The van der Waals surface area contributed by atoms with Gasteiger partial charge in [0.25, 0.3) is 5.91 Å². The highest BCUT2D eigenvalue weighted by atomic mass is 16.5. The van der Waals surface area contributed by atoms with Crippen LogP contribution in [0.25, 0.3) is 0 Å². The van der Waals surface area contributed by atoms with Gasteiger partial charge in [-0.2, -0.15) is 0 Å². The second-order valence-electron chi connectivity index (χ2n) is 8.79. The molecule has 1 N–H and O–H groups in total. The van der Waals surface area contributed by atoms with E-state index in [-0.39, 0.29) is 30.3 Å². The average Bonchev–Trinajstić information content (AvgIpc) is 3.35. The predicted molar refractivity (Wildman–Crippen MR) is 114 cm³/mol. The molecule has 3 atom stereocenters. The fourth-order valence-electron chi connectivity index (χ4n) is 5.35. The van der Waals surface area contributed by atoms with Gasteiger partial charge in [-0.15, -0.1) is 0 Å². The molecule has 0 bridgehead atoms. The first kappa shape index (κ1) is 21.5. The normalized spacial score (nSPS) is 28.2. The number of imide groups is 1. The molecule has 1 aromatic carbocycles. The minimum atomic E-state index is -0.851. The maximum absolute atomic E-state index is 13.3. The number of likely N-dealkylation sites (tertiary alicyclic amines) is 1. The van der Waals surface area contributed by atoms with Crippen molar-refractivity contribution in [3.8, 4) is 11.5 Å². The summed E-state index contributed by atoms with van der Waals surface area (Å²) in [5.41, 5.74) is 0.0260. The van der Waals surface area contributed by atoms with Crippen LogP contribution in [0.1, 0.15) is 57.1 Å². The molecule has 1 aliphatic carbocycles. The summed E-state index contributed by atoms with van der Waals surface area (Å²) < 4.78 is 10.9. The van der Waals surface area contributed by atoms with Crippen LogP contribution in [0.2, 0.25) is 0 Å². The molecule has 0 aromatic heterocycles. The second kappa shape index (κ2) is 8.40. The Balaban J connectivity index is 1.53. The Morgan fingerprint density at radius 1 is 1.16 bits per heavy atom. The van der Waals surface area contributed by atoms with Crippen LogP contribution in [0.3, 0.4) is 0 Å². The third-order valence-electron chi connectivity index (χ3n) is 7.16. The van der Waals surface area contributed by atoms with Gasteiger partial charge in [-0.05, 0) is 49.8 Å². The summed E-state index contributed by atoms with van der Waals surface area (Å²) in [4.78, 5) is 42.0. The molecule has 2 saturated heterocycles. The van der Waals surface area contributed by atoms with Crippen molar-refractivity contribution in [3.63, 3.8) is 0 Å². The third-order valence-corrected chi connectivity index (χ3v) is 7.16. The Morgan fingerprint density at radius 3 is 2.68 bits per heavy atom. The molecular formula is C23H31N3O5. The molecule has 4 amide bonds. The highest BCUT2D eigenvalue weighted by Crippen LogP contribution is 2.40. The van der Waals surface area contributed by atoms with Crippen molar-refractivity contribution in [1.29, 1.82) is 0 Å². The van der Waals surface area contributed by atoms with Gasteiger partial charge < -0.3 is 19.7 Å². The van der Waals surface area contributed by atoms with Gasteiger partial charge in [-0.3, -0.25) is 14.5 Å². The highest BCUT2D eigenvalue weighted by molar-refractivity contribution is 6.09. The van der Waals surface area contributed by atoms with E-state index in [2.05, 4.69) is 5.32 Å². The predicted octanol–water partition coefficient (Wildman–Crippen LogP) is 2.87. The van der Waals surface area contributed by atoms with Gasteiger partial charge in [0, 0.05) is 12.1 Å². The van der Waals surface area contributed by atoms with Crippen LogP contribution < -0.4 is 14.8 Å². The van der Waals surface area contributed by atoms with Crippen LogP contribution >= 0.6 is 0 Å². The van der Waals surface area contributed by atoms with E-state index in [0.29, 0.717) is 24.5 Å². The summed E-state index contributed by atoms with van der Waals surface area (Å²) in [6.45, 7) is 2.35. The lowest BCUT2D eigenvalue weighted by Gasteiger charge is -2.37. The minimum Gasteiger partial charge on any atom is -0.497 e.